The highest BCUT2D eigenvalue weighted by Crippen LogP contribution is 2.38. The van der Waals surface area contributed by atoms with E-state index in [-0.39, 0.29) is 23.9 Å². The molecule has 6 nitrogen and oxygen atoms in total. The normalized spacial score (nSPS) is 11.3. The molecule has 0 saturated carbocycles. The molecule has 0 radical (unpaired) electrons. The second kappa shape index (κ2) is 7.12. The van der Waals surface area contributed by atoms with Gasteiger partial charge in [-0.15, -0.1) is 10.2 Å². The topological polar surface area (TPSA) is 79.0 Å². The number of halogens is 1. The van der Waals surface area contributed by atoms with Crippen LogP contribution >= 0.6 is 0 Å². The van der Waals surface area contributed by atoms with E-state index in [2.05, 4.69) is 15.5 Å². The number of hydrogen-bond acceptors (Lipinski definition) is 4. The zero-order valence-corrected chi connectivity index (χ0v) is 13.6. The Hall–Kier alpha value is -3.22. The van der Waals surface area contributed by atoms with Crippen molar-refractivity contribution >= 4 is 28.2 Å². The molecule has 0 bridgehead atoms. The minimum absolute atomic E-state index is 0.0215. The van der Waals surface area contributed by atoms with Crippen LogP contribution < -0.4 is 5.32 Å². The van der Waals surface area contributed by atoms with Crippen LogP contribution in [0.4, 0.5) is 15.8 Å². The van der Waals surface area contributed by atoms with Gasteiger partial charge in [-0.3, -0.25) is 4.79 Å². The zero-order chi connectivity index (χ0) is 17.8. The van der Waals surface area contributed by atoms with Crippen LogP contribution in [0, 0.1) is 5.82 Å². The van der Waals surface area contributed by atoms with Gasteiger partial charge in [0.25, 0.3) is 5.91 Å². The summed E-state index contributed by atoms with van der Waals surface area (Å²) in [6, 6.07) is 13.0. The van der Waals surface area contributed by atoms with Crippen molar-refractivity contribution in [2.75, 3.05) is 11.9 Å². The van der Waals surface area contributed by atoms with Crippen LogP contribution in [0.1, 0.15) is 6.92 Å². The third kappa shape index (κ3) is 3.50. The van der Waals surface area contributed by atoms with E-state index in [9.17, 15) is 14.3 Å². The van der Waals surface area contributed by atoms with Crippen LogP contribution in [0.15, 0.2) is 58.8 Å². The van der Waals surface area contributed by atoms with E-state index in [1.165, 1.54) is 24.3 Å². The first-order chi connectivity index (χ1) is 12.1. The number of rotatable bonds is 5. The number of carbonyl (C=O) groups excluding carboxylic acids is 1. The summed E-state index contributed by atoms with van der Waals surface area (Å²) in [6.45, 7) is 2.40. The number of aryl methyl sites for hydroxylation is 1. The molecule has 3 rings (SSSR count). The summed E-state index contributed by atoms with van der Waals surface area (Å²) >= 11 is 0. The van der Waals surface area contributed by atoms with Crippen molar-refractivity contribution in [2.45, 2.75) is 13.5 Å². The number of hydrogen-bond donors (Lipinski definition) is 2. The van der Waals surface area contributed by atoms with Gasteiger partial charge in [0.2, 0.25) is 5.88 Å². The summed E-state index contributed by atoms with van der Waals surface area (Å²) in [7, 11) is 0. The molecule has 0 spiro atoms. The molecule has 2 N–H and O–H groups in total. The van der Waals surface area contributed by atoms with Crippen molar-refractivity contribution < 1.29 is 14.3 Å². The standard InChI is InChI=1S/C18H17FN4O2/c1-2-23-15-6-4-3-5-14(15)17(18(23)25)22-21-16(24)11-20-13-9-7-12(19)8-10-13/h3-10,20,25H,2,11H2,1H3. The van der Waals surface area contributed by atoms with Crippen LogP contribution in [0.3, 0.4) is 0 Å². The van der Waals surface area contributed by atoms with Crippen molar-refractivity contribution in [2.24, 2.45) is 10.2 Å². The van der Waals surface area contributed by atoms with Gasteiger partial charge in [0.1, 0.15) is 5.82 Å². The number of azo groups is 1. The summed E-state index contributed by atoms with van der Waals surface area (Å²) in [6.07, 6.45) is 0. The maximum atomic E-state index is 12.8. The molecule has 0 unspecified atom stereocenters. The maximum absolute atomic E-state index is 12.8. The highest BCUT2D eigenvalue weighted by Gasteiger charge is 2.15. The molecular formula is C18H17FN4O2. The molecule has 128 valence electrons. The van der Waals surface area contributed by atoms with E-state index in [0.29, 0.717) is 12.2 Å². The van der Waals surface area contributed by atoms with Crippen LogP contribution in [0.5, 0.6) is 5.88 Å². The van der Waals surface area contributed by atoms with Crippen molar-refractivity contribution in [1.82, 2.24) is 4.57 Å². The Morgan fingerprint density at radius 2 is 1.92 bits per heavy atom. The van der Waals surface area contributed by atoms with Gasteiger partial charge in [-0.1, -0.05) is 18.2 Å². The average molecular weight is 340 g/mol. The van der Waals surface area contributed by atoms with E-state index >= 15 is 0 Å². The monoisotopic (exact) mass is 340 g/mol. The van der Waals surface area contributed by atoms with Gasteiger partial charge >= 0.3 is 0 Å². The molecule has 1 amide bonds. The third-order valence-corrected chi connectivity index (χ3v) is 3.78. The number of fused-ring (bicyclic) bond motifs is 1. The molecule has 1 heterocycles. The smallest absolute Gasteiger partial charge is 0.283 e. The van der Waals surface area contributed by atoms with E-state index in [0.717, 1.165) is 10.9 Å². The Morgan fingerprint density at radius 3 is 2.64 bits per heavy atom. The quantitative estimate of drug-likeness (QED) is 0.682. The fourth-order valence-corrected chi connectivity index (χ4v) is 2.58. The highest BCUT2D eigenvalue weighted by molar-refractivity contribution is 5.95. The summed E-state index contributed by atoms with van der Waals surface area (Å²) in [5.74, 6) is -0.872. The molecule has 0 fully saturated rings. The Bertz CT molecular complexity index is 932. The Kier molecular flexibility index (Phi) is 4.74. The maximum Gasteiger partial charge on any atom is 0.283 e. The Morgan fingerprint density at radius 1 is 1.20 bits per heavy atom. The van der Waals surface area contributed by atoms with Crippen molar-refractivity contribution in [3.05, 3.63) is 54.3 Å². The number of para-hydroxylation sites is 1. The number of carbonyl (C=O) groups is 1. The van der Waals surface area contributed by atoms with Crippen LogP contribution in [-0.2, 0) is 11.3 Å². The number of amides is 1. The second-order valence-electron chi connectivity index (χ2n) is 5.39. The molecule has 2 aromatic carbocycles. The number of benzene rings is 2. The summed E-state index contributed by atoms with van der Waals surface area (Å²) in [4.78, 5) is 11.9. The fraction of sp³-hybridized carbons (Fsp3) is 0.167. The fourth-order valence-electron chi connectivity index (χ4n) is 2.58. The SMILES string of the molecule is CCn1c(O)c(N=NC(=O)CNc2ccc(F)cc2)c2ccccc21. The first-order valence-electron chi connectivity index (χ1n) is 7.84. The average Bonchev–Trinajstić information content (AvgIpc) is 2.90. The molecule has 3 aromatic rings. The molecule has 0 saturated heterocycles. The molecule has 0 aliphatic heterocycles. The summed E-state index contributed by atoms with van der Waals surface area (Å²) in [5, 5.41) is 21.5. The minimum atomic E-state index is -0.503. The molecule has 0 atom stereocenters. The first-order valence-corrected chi connectivity index (χ1v) is 7.84. The van der Waals surface area contributed by atoms with E-state index in [1.807, 2.05) is 31.2 Å². The van der Waals surface area contributed by atoms with E-state index < -0.39 is 5.91 Å². The Balaban J connectivity index is 1.75. The van der Waals surface area contributed by atoms with Gasteiger partial charge < -0.3 is 15.0 Å². The van der Waals surface area contributed by atoms with Crippen molar-refractivity contribution in [3.63, 3.8) is 0 Å². The lowest BCUT2D eigenvalue weighted by Gasteiger charge is -2.02. The molecule has 1 aromatic heterocycles. The third-order valence-electron chi connectivity index (χ3n) is 3.78. The minimum Gasteiger partial charge on any atom is -0.493 e. The number of nitrogens with one attached hydrogen (secondary N) is 1. The van der Waals surface area contributed by atoms with Crippen LogP contribution in [0.2, 0.25) is 0 Å². The number of nitrogens with zero attached hydrogens (tertiary/aromatic N) is 3. The number of aromatic hydroxyl groups is 1. The van der Waals surface area contributed by atoms with E-state index in [1.54, 1.807) is 4.57 Å². The van der Waals surface area contributed by atoms with Gasteiger partial charge in [0.05, 0.1) is 12.1 Å². The van der Waals surface area contributed by atoms with Crippen LogP contribution in [-0.4, -0.2) is 22.1 Å². The predicted octanol–water partition coefficient (Wildman–Crippen LogP) is 4.23. The predicted molar refractivity (Wildman–Crippen MR) is 93.7 cm³/mol. The molecule has 0 aliphatic carbocycles. The molecular weight excluding hydrogens is 323 g/mol. The molecule has 25 heavy (non-hydrogen) atoms. The number of anilines is 1. The first kappa shape index (κ1) is 16.6. The van der Waals surface area contributed by atoms with Gasteiger partial charge in [0.15, 0.2) is 5.69 Å². The lowest BCUT2D eigenvalue weighted by atomic mass is 10.2. The lowest BCUT2D eigenvalue weighted by Crippen LogP contribution is -2.10. The van der Waals surface area contributed by atoms with Gasteiger partial charge in [-0.25, -0.2) is 4.39 Å². The van der Waals surface area contributed by atoms with Crippen molar-refractivity contribution in [3.8, 4) is 5.88 Å². The largest absolute Gasteiger partial charge is 0.493 e. The van der Waals surface area contributed by atoms with E-state index in [4.69, 9.17) is 0 Å². The highest BCUT2D eigenvalue weighted by atomic mass is 19.1. The van der Waals surface area contributed by atoms with Crippen molar-refractivity contribution in [1.29, 1.82) is 0 Å². The van der Waals surface area contributed by atoms with Gasteiger partial charge in [-0.2, -0.15) is 0 Å². The zero-order valence-electron chi connectivity index (χ0n) is 13.6. The summed E-state index contributed by atoms with van der Waals surface area (Å²) < 4.78 is 14.5. The van der Waals surface area contributed by atoms with Gasteiger partial charge in [-0.05, 0) is 37.3 Å². The molecule has 7 heteroatoms. The van der Waals surface area contributed by atoms with Crippen LogP contribution in [0.25, 0.3) is 10.9 Å². The number of aromatic nitrogens is 1. The van der Waals surface area contributed by atoms with Gasteiger partial charge in [0, 0.05) is 17.6 Å². The lowest BCUT2D eigenvalue weighted by molar-refractivity contribution is -0.116. The second-order valence-corrected chi connectivity index (χ2v) is 5.39. The summed E-state index contributed by atoms with van der Waals surface area (Å²) in [5.41, 5.74) is 1.70. The Labute approximate surface area is 143 Å². The molecule has 0 aliphatic rings.